The Kier molecular flexibility index (Phi) is 4.34. The Morgan fingerprint density at radius 1 is 1.21 bits per heavy atom. The van der Waals surface area contributed by atoms with Crippen LogP contribution in [-0.2, 0) is 11.0 Å². The number of hydrogen-bond donors (Lipinski definition) is 1. The molecule has 0 aliphatic rings. The summed E-state index contributed by atoms with van der Waals surface area (Å²) in [5.74, 6) is -0.964. The minimum Gasteiger partial charge on any atom is -0.346 e. The number of alkyl halides is 3. The van der Waals surface area contributed by atoms with Gasteiger partial charge in [-0.3, -0.25) is 9.59 Å². The molecule has 1 aromatic rings. The number of aryl methyl sites for hydroxylation is 1. The molecule has 0 bridgehead atoms. The first-order chi connectivity index (χ1) is 8.61. The van der Waals surface area contributed by atoms with Crippen LogP contribution in [0.15, 0.2) is 18.2 Å². The molecule has 3 nitrogen and oxygen atoms in total. The number of amides is 1. The van der Waals surface area contributed by atoms with E-state index < -0.39 is 29.5 Å². The van der Waals surface area contributed by atoms with Gasteiger partial charge in [0, 0.05) is 12.5 Å². The maximum Gasteiger partial charge on any atom is 0.416 e. The maximum atomic E-state index is 12.6. The van der Waals surface area contributed by atoms with Crippen LogP contribution in [-0.4, -0.2) is 17.7 Å². The van der Waals surface area contributed by atoms with Gasteiger partial charge in [-0.2, -0.15) is 13.2 Å². The summed E-state index contributed by atoms with van der Waals surface area (Å²) in [6.45, 7) is 4.15. The number of benzene rings is 1. The predicted octanol–water partition coefficient (Wildman–Crippen LogP) is 2.72. The van der Waals surface area contributed by atoms with Crippen molar-refractivity contribution in [2.24, 2.45) is 0 Å². The van der Waals surface area contributed by atoms with Gasteiger partial charge in [-0.25, -0.2) is 0 Å². The van der Waals surface area contributed by atoms with Crippen molar-refractivity contribution < 1.29 is 22.8 Å². The second kappa shape index (κ2) is 5.42. The fourth-order valence-corrected chi connectivity index (χ4v) is 1.71. The summed E-state index contributed by atoms with van der Waals surface area (Å²) < 4.78 is 37.9. The van der Waals surface area contributed by atoms with E-state index >= 15 is 0 Å². The molecule has 0 radical (unpaired) electrons. The van der Waals surface area contributed by atoms with Gasteiger partial charge in [0.1, 0.15) is 0 Å². The van der Waals surface area contributed by atoms with Gasteiger partial charge < -0.3 is 5.32 Å². The zero-order valence-corrected chi connectivity index (χ0v) is 10.8. The summed E-state index contributed by atoms with van der Waals surface area (Å²) in [7, 11) is 0. The monoisotopic (exact) mass is 273 g/mol. The minimum atomic E-state index is -4.50. The van der Waals surface area contributed by atoms with Crippen molar-refractivity contribution in [1.29, 1.82) is 0 Å². The standard InChI is InChI=1S/C13H14F3NO2/c1-7-4-10(6-11(5-7)13(14,15)16)12(19)8(2)17-9(3)18/h4-6,8H,1-3H3,(H,17,18)/t8-/m0/s1. The lowest BCUT2D eigenvalue weighted by Gasteiger charge is -2.14. The summed E-state index contributed by atoms with van der Waals surface area (Å²) in [6, 6.07) is 2.28. The van der Waals surface area contributed by atoms with Gasteiger partial charge in [0.15, 0.2) is 5.78 Å². The largest absolute Gasteiger partial charge is 0.416 e. The van der Waals surface area contributed by atoms with Gasteiger partial charge in [-0.05, 0) is 37.6 Å². The Hall–Kier alpha value is -1.85. The highest BCUT2D eigenvalue weighted by Gasteiger charge is 2.31. The fourth-order valence-electron chi connectivity index (χ4n) is 1.71. The number of carbonyl (C=O) groups is 2. The van der Waals surface area contributed by atoms with Crippen molar-refractivity contribution in [3.63, 3.8) is 0 Å². The molecule has 0 aromatic heterocycles. The molecule has 1 rings (SSSR count). The third kappa shape index (κ3) is 4.08. The lowest BCUT2D eigenvalue weighted by Crippen LogP contribution is -2.37. The Bertz CT molecular complexity index is 509. The highest BCUT2D eigenvalue weighted by Crippen LogP contribution is 2.30. The molecule has 1 atom stereocenters. The molecule has 0 fully saturated rings. The molecule has 104 valence electrons. The van der Waals surface area contributed by atoms with Gasteiger partial charge in [0.25, 0.3) is 0 Å². The lowest BCUT2D eigenvalue weighted by molar-refractivity contribution is -0.137. The smallest absolute Gasteiger partial charge is 0.346 e. The molecular formula is C13H14F3NO2. The van der Waals surface area contributed by atoms with Crippen molar-refractivity contribution >= 4 is 11.7 Å². The van der Waals surface area contributed by atoms with E-state index in [1.54, 1.807) is 0 Å². The van der Waals surface area contributed by atoms with Crippen molar-refractivity contribution in [3.8, 4) is 0 Å². The van der Waals surface area contributed by atoms with E-state index in [0.717, 1.165) is 12.1 Å². The normalized spacial score (nSPS) is 12.9. The molecule has 0 aliphatic heterocycles. The van der Waals surface area contributed by atoms with E-state index in [4.69, 9.17) is 0 Å². The first-order valence-corrected chi connectivity index (χ1v) is 5.61. The van der Waals surface area contributed by atoms with Crippen LogP contribution in [0.5, 0.6) is 0 Å². The van der Waals surface area contributed by atoms with Crippen LogP contribution in [0, 0.1) is 6.92 Å². The summed E-state index contributed by atoms with van der Waals surface area (Å²) >= 11 is 0. The number of halogens is 3. The molecule has 0 spiro atoms. The van der Waals surface area contributed by atoms with Gasteiger partial charge in [-0.15, -0.1) is 0 Å². The Balaban J connectivity index is 3.10. The lowest BCUT2D eigenvalue weighted by atomic mass is 10.00. The van der Waals surface area contributed by atoms with E-state index in [2.05, 4.69) is 5.32 Å². The minimum absolute atomic E-state index is 0.0615. The van der Waals surface area contributed by atoms with Crippen LogP contribution in [0.3, 0.4) is 0 Å². The molecule has 0 saturated heterocycles. The number of rotatable bonds is 3. The molecular weight excluding hydrogens is 259 g/mol. The van der Waals surface area contributed by atoms with E-state index in [0.29, 0.717) is 5.56 Å². The molecule has 0 saturated carbocycles. The molecule has 1 N–H and O–H groups in total. The second-order valence-electron chi connectivity index (χ2n) is 4.37. The van der Waals surface area contributed by atoms with Crippen LogP contribution in [0.4, 0.5) is 13.2 Å². The predicted molar refractivity (Wildman–Crippen MR) is 63.8 cm³/mol. The van der Waals surface area contributed by atoms with E-state index in [-0.39, 0.29) is 5.56 Å². The Morgan fingerprint density at radius 3 is 2.26 bits per heavy atom. The van der Waals surface area contributed by atoms with Crippen LogP contribution in [0.25, 0.3) is 0 Å². The van der Waals surface area contributed by atoms with Gasteiger partial charge >= 0.3 is 6.18 Å². The van der Waals surface area contributed by atoms with Crippen molar-refractivity contribution in [2.75, 3.05) is 0 Å². The van der Waals surface area contributed by atoms with Crippen molar-refractivity contribution in [1.82, 2.24) is 5.32 Å². The Labute approximate surface area is 108 Å². The van der Waals surface area contributed by atoms with E-state index in [1.165, 1.54) is 26.8 Å². The van der Waals surface area contributed by atoms with Gasteiger partial charge in [-0.1, -0.05) is 0 Å². The van der Waals surface area contributed by atoms with Crippen molar-refractivity contribution in [3.05, 3.63) is 34.9 Å². The zero-order valence-electron chi connectivity index (χ0n) is 10.8. The summed E-state index contributed by atoms with van der Waals surface area (Å²) in [6.07, 6.45) is -4.50. The van der Waals surface area contributed by atoms with Crippen molar-refractivity contribution in [2.45, 2.75) is 33.0 Å². The van der Waals surface area contributed by atoms with Crippen LogP contribution in [0.1, 0.15) is 35.3 Å². The third-order valence-corrected chi connectivity index (χ3v) is 2.50. The number of carbonyl (C=O) groups excluding carboxylic acids is 2. The number of Topliss-reactive ketones (excluding diaryl/α,β-unsaturated/α-hetero) is 1. The van der Waals surface area contributed by atoms with E-state index in [1.807, 2.05) is 0 Å². The van der Waals surface area contributed by atoms with Gasteiger partial charge in [0.05, 0.1) is 11.6 Å². The topological polar surface area (TPSA) is 46.2 Å². The first kappa shape index (κ1) is 15.2. The highest BCUT2D eigenvalue weighted by molar-refractivity contribution is 6.01. The molecule has 0 aliphatic carbocycles. The number of nitrogens with one attached hydrogen (secondary N) is 1. The van der Waals surface area contributed by atoms with E-state index in [9.17, 15) is 22.8 Å². The zero-order chi connectivity index (χ0) is 14.8. The van der Waals surface area contributed by atoms with Crippen LogP contribution >= 0.6 is 0 Å². The Morgan fingerprint density at radius 2 is 1.79 bits per heavy atom. The highest BCUT2D eigenvalue weighted by atomic mass is 19.4. The molecule has 1 amide bonds. The fraction of sp³-hybridized carbons (Fsp3) is 0.385. The second-order valence-corrected chi connectivity index (χ2v) is 4.37. The summed E-state index contributed by atoms with van der Waals surface area (Å²) in [5, 5.41) is 2.35. The molecule has 0 heterocycles. The van der Waals surface area contributed by atoms with Crippen LogP contribution < -0.4 is 5.32 Å². The number of hydrogen-bond acceptors (Lipinski definition) is 2. The average Bonchev–Trinajstić information content (AvgIpc) is 2.25. The van der Waals surface area contributed by atoms with Gasteiger partial charge in [0.2, 0.25) is 5.91 Å². The SMILES string of the molecule is CC(=O)N[C@@H](C)C(=O)c1cc(C)cc(C(F)(F)F)c1. The maximum absolute atomic E-state index is 12.6. The third-order valence-electron chi connectivity index (χ3n) is 2.50. The summed E-state index contributed by atoms with van der Waals surface area (Å²) in [4.78, 5) is 22.8. The average molecular weight is 273 g/mol. The molecule has 19 heavy (non-hydrogen) atoms. The molecule has 0 unspecified atom stereocenters. The molecule has 6 heteroatoms. The van der Waals surface area contributed by atoms with Crippen LogP contribution in [0.2, 0.25) is 0 Å². The molecule has 1 aromatic carbocycles. The quantitative estimate of drug-likeness (QED) is 0.861. The summed E-state index contributed by atoms with van der Waals surface area (Å²) in [5.41, 5.74) is -0.590. The first-order valence-electron chi connectivity index (χ1n) is 5.61. The number of ketones is 1.